The van der Waals surface area contributed by atoms with Gasteiger partial charge in [-0.15, -0.1) is 0 Å². The molecule has 5 heteroatoms. The number of benzene rings is 2. The molecule has 29 heavy (non-hydrogen) atoms. The van der Waals surface area contributed by atoms with Crippen LogP contribution in [0.5, 0.6) is 0 Å². The van der Waals surface area contributed by atoms with Gasteiger partial charge in [-0.05, 0) is 61.1 Å². The largest absolute Gasteiger partial charge is 0.316 e. The molecule has 1 unspecified atom stereocenters. The summed E-state index contributed by atoms with van der Waals surface area (Å²) < 4.78 is 2.25. The summed E-state index contributed by atoms with van der Waals surface area (Å²) in [5.74, 6) is 1.47. The first kappa shape index (κ1) is 17.7. The Kier molecular flexibility index (Phi) is 3.91. The molecule has 3 heterocycles. The van der Waals surface area contributed by atoms with Crippen LogP contribution in [0.15, 0.2) is 41.2 Å². The summed E-state index contributed by atoms with van der Waals surface area (Å²) >= 11 is 6.44. The highest BCUT2D eigenvalue weighted by Crippen LogP contribution is 2.52. The van der Waals surface area contributed by atoms with Crippen LogP contribution in [-0.4, -0.2) is 22.6 Å². The third-order valence-electron chi connectivity index (χ3n) is 7.31. The van der Waals surface area contributed by atoms with Crippen molar-refractivity contribution in [2.75, 3.05) is 13.1 Å². The molecule has 1 N–H and O–H groups in total. The second-order valence-corrected chi connectivity index (χ2v) is 9.23. The molecular formula is C24H24ClN3O. The normalized spacial score (nSPS) is 22.2. The van der Waals surface area contributed by atoms with Crippen LogP contribution in [0.3, 0.4) is 0 Å². The van der Waals surface area contributed by atoms with Crippen LogP contribution in [0, 0.1) is 0 Å². The van der Waals surface area contributed by atoms with Gasteiger partial charge in [0.1, 0.15) is 5.82 Å². The van der Waals surface area contributed by atoms with Gasteiger partial charge in [-0.3, -0.25) is 9.36 Å². The maximum Gasteiger partial charge on any atom is 0.282 e. The standard InChI is InChI=1S/C24H24ClN3O/c25-18-5-4-6-19-21(18)22(29)27-23-24(10-2-1-3-11-24)17-8-7-15(13-20(17)28(19)23)16-9-12-26-14-16/h4-8,13,16,26H,1-3,9-12,14H2. The van der Waals surface area contributed by atoms with Gasteiger partial charge in [0.25, 0.3) is 5.56 Å². The van der Waals surface area contributed by atoms with Gasteiger partial charge in [0.15, 0.2) is 0 Å². The van der Waals surface area contributed by atoms with E-state index in [1.807, 2.05) is 12.1 Å². The lowest BCUT2D eigenvalue weighted by Crippen LogP contribution is -2.32. The first-order valence-corrected chi connectivity index (χ1v) is 11.1. The van der Waals surface area contributed by atoms with Gasteiger partial charge in [-0.2, -0.15) is 4.98 Å². The maximum atomic E-state index is 13.0. The number of nitrogens with zero attached hydrogens (tertiary/aromatic N) is 2. The molecule has 4 nitrogen and oxygen atoms in total. The predicted octanol–water partition coefficient (Wildman–Crippen LogP) is 4.68. The smallest absolute Gasteiger partial charge is 0.282 e. The average molecular weight is 406 g/mol. The number of hydrogen-bond donors (Lipinski definition) is 1. The molecule has 1 aliphatic carbocycles. The van der Waals surface area contributed by atoms with E-state index in [0.29, 0.717) is 16.3 Å². The SMILES string of the molecule is O=c1nc2n(c3cccc(Cl)c13)-c1cc(C3CCNC3)ccc1C21CCCCC1. The Morgan fingerprint density at radius 2 is 2.00 bits per heavy atom. The molecule has 6 rings (SSSR count). The van der Waals surface area contributed by atoms with Crippen molar-refractivity contribution in [3.05, 3.63) is 68.7 Å². The number of hydrogen-bond acceptors (Lipinski definition) is 3. The summed E-state index contributed by atoms with van der Waals surface area (Å²) in [7, 11) is 0. The fourth-order valence-corrected chi connectivity index (χ4v) is 6.14. The fraction of sp³-hybridized carbons (Fsp3) is 0.417. The third kappa shape index (κ3) is 2.42. The van der Waals surface area contributed by atoms with Gasteiger partial charge in [-0.1, -0.05) is 49.1 Å². The van der Waals surface area contributed by atoms with Crippen molar-refractivity contribution in [1.29, 1.82) is 0 Å². The number of halogens is 1. The van der Waals surface area contributed by atoms with Gasteiger partial charge in [0.05, 0.1) is 27.0 Å². The Labute approximate surface area is 174 Å². The summed E-state index contributed by atoms with van der Waals surface area (Å²) in [4.78, 5) is 17.7. The molecule has 3 aliphatic rings. The first-order chi connectivity index (χ1) is 14.2. The minimum absolute atomic E-state index is 0.143. The molecule has 0 amide bonds. The van der Waals surface area contributed by atoms with E-state index in [0.717, 1.165) is 37.3 Å². The van der Waals surface area contributed by atoms with Crippen molar-refractivity contribution < 1.29 is 0 Å². The second kappa shape index (κ2) is 6.41. The molecule has 1 atom stereocenters. The number of nitrogens with one attached hydrogen (secondary N) is 1. The van der Waals surface area contributed by atoms with Gasteiger partial charge in [0.2, 0.25) is 0 Å². The quantitative estimate of drug-likeness (QED) is 0.639. The van der Waals surface area contributed by atoms with Crippen LogP contribution < -0.4 is 10.9 Å². The Morgan fingerprint density at radius 1 is 1.14 bits per heavy atom. The van der Waals surface area contributed by atoms with Crippen LogP contribution in [0.25, 0.3) is 16.6 Å². The van der Waals surface area contributed by atoms with E-state index < -0.39 is 0 Å². The van der Waals surface area contributed by atoms with Crippen LogP contribution in [0.1, 0.15) is 61.4 Å². The molecule has 148 valence electrons. The van der Waals surface area contributed by atoms with Crippen molar-refractivity contribution in [2.24, 2.45) is 0 Å². The number of rotatable bonds is 1. The molecule has 1 aromatic heterocycles. The summed E-state index contributed by atoms with van der Waals surface area (Å²) in [6.07, 6.45) is 6.90. The zero-order valence-corrected chi connectivity index (χ0v) is 17.1. The third-order valence-corrected chi connectivity index (χ3v) is 7.63. The zero-order valence-electron chi connectivity index (χ0n) is 16.4. The minimum Gasteiger partial charge on any atom is -0.316 e. The molecule has 0 radical (unpaired) electrons. The Morgan fingerprint density at radius 3 is 2.79 bits per heavy atom. The van der Waals surface area contributed by atoms with Gasteiger partial charge >= 0.3 is 0 Å². The first-order valence-electron chi connectivity index (χ1n) is 10.8. The minimum atomic E-state index is -0.199. The fourth-order valence-electron chi connectivity index (χ4n) is 5.89. The lowest BCUT2D eigenvalue weighted by molar-refractivity contribution is 0.339. The molecular weight excluding hydrogens is 382 g/mol. The van der Waals surface area contributed by atoms with E-state index in [1.165, 1.54) is 42.5 Å². The Hall–Kier alpha value is -2.17. The molecule has 1 saturated carbocycles. The highest BCUT2D eigenvalue weighted by atomic mass is 35.5. The van der Waals surface area contributed by atoms with Crippen LogP contribution >= 0.6 is 11.6 Å². The van der Waals surface area contributed by atoms with E-state index in [-0.39, 0.29) is 11.0 Å². The summed E-state index contributed by atoms with van der Waals surface area (Å²) in [5.41, 5.74) is 4.46. The number of aromatic nitrogens is 2. The van der Waals surface area contributed by atoms with Crippen molar-refractivity contribution >= 4 is 22.5 Å². The molecule has 2 fully saturated rings. The lowest BCUT2D eigenvalue weighted by atomic mass is 9.69. The van der Waals surface area contributed by atoms with Crippen LogP contribution in [-0.2, 0) is 5.41 Å². The van der Waals surface area contributed by atoms with E-state index in [9.17, 15) is 4.79 Å². The highest BCUT2D eigenvalue weighted by Gasteiger charge is 2.46. The van der Waals surface area contributed by atoms with E-state index in [4.69, 9.17) is 11.6 Å². The van der Waals surface area contributed by atoms with E-state index in [2.05, 4.69) is 33.1 Å². The summed E-state index contributed by atoms with van der Waals surface area (Å²) in [6.45, 7) is 2.11. The maximum absolute atomic E-state index is 13.0. The molecule has 2 aliphatic heterocycles. The van der Waals surface area contributed by atoms with E-state index >= 15 is 0 Å². The molecule has 0 bridgehead atoms. The summed E-state index contributed by atoms with van der Waals surface area (Å²) in [6, 6.07) is 12.7. The van der Waals surface area contributed by atoms with Crippen molar-refractivity contribution in [1.82, 2.24) is 14.9 Å². The van der Waals surface area contributed by atoms with Crippen molar-refractivity contribution in [2.45, 2.75) is 49.9 Å². The van der Waals surface area contributed by atoms with Crippen LogP contribution in [0.4, 0.5) is 0 Å². The molecule has 1 spiro atoms. The topological polar surface area (TPSA) is 46.9 Å². The Bertz CT molecular complexity index is 1190. The highest BCUT2D eigenvalue weighted by molar-refractivity contribution is 6.35. The van der Waals surface area contributed by atoms with E-state index in [1.54, 1.807) is 6.07 Å². The van der Waals surface area contributed by atoms with Gasteiger partial charge in [0, 0.05) is 6.54 Å². The Balaban J connectivity index is 1.69. The molecule has 3 aromatic rings. The zero-order chi connectivity index (χ0) is 19.6. The second-order valence-electron chi connectivity index (χ2n) is 8.82. The molecule has 2 aromatic carbocycles. The van der Waals surface area contributed by atoms with Crippen LogP contribution in [0.2, 0.25) is 5.02 Å². The number of fused-ring (bicyclic) bond motifs is 7. The average Bonchev–Trinajstić information content (AvgIpc) is 3.36. The van der Waals surface area contributed by atoms with Crippen molar-refractivity contribution in [3.63, 3.8) is 0 Å². The molecule has 1 saturated heterocycles. The summed E-state index contributed by atoms with van der Waals surface area (Å²) in [5, 5.41) is 4.50. The lowest BCUT2D eigenvalue weighted by Gasteiger charge is -2.33. The van der Waals surface area contributed by atoms with Crippen molar-refractivity contribution in [3.8, 4) is 5.69 Å². The van der Waals surface area contributed by atoms with Gasteiger partial charge < -0.3 is 5.32 Å². The van der Waals surface area contributed by atoms with Gasteiger partial charge in [-0.25, -0.2) is 0 Å². The monoisotopic (exact) mass is 405 g/mol. The predicted molar refractivity (Wildman–Crippen MR) is 116 cm³/mol.